The summed E-state index contributed by atoms with van der Waals surface area (Å²) in [6.45, 7) is 1.24. The predicted octanol–water partition coefficient (Wildman–Crippen LogP) is 4.17. The van der Waals surface area contributed by atoms with Gasteiger partial charge < -0.3 is 14.5 Å². The summed E-state index contributed by atoms with van der Waals surface area (Å²) in [5.41, 5.74) is 4.56. The van der Waals surface area contributed by atoms with Gasteiger partial charge in [-0.3, -0.25) is 9.69 Å². The molecule has 1 aliphatic rings. The van der Waals surface area contributed by atoms with Gasteiger partial charge in [0, 0.05) is 46.9 Å². The van der Waals surface area contributed by atoms with E-state index in [9.17, 15) is 4.79 Å². The largest absolute Gasteiger partial charge is 0.493 e. The van der Waals surface area contributed by atoms with Crippen LogP contribution in [0.15, 0.2) is 59.8 Å². The smallest absolute Gasteiger partial charge is 0.187 e. The highest BCUT2D eigenvalue weighted by Crippen LogP contribution is 2.30. The van der Waals surface area contributed by atoms with Crippen LogP contribution in [0.3, 0.4) is 0 Å². The summed E-state index contributed by atoms with van der Waals surface area (Å²) in [6, 6.07) is 13.8. The van der Waals surface area contributed by atoms with E-state index >= 15 is 0 Å². The van der Waals surface area contributed by atoms with E-state index in [1.807, 2.05) is 61.8 Å². The zero-order valence-corrected chi connectivity index (χ0v) is 16.9. The molecule has 1 aromatic heterocycles. The molecule has 3 aromatic rings. The lowest BCUT2D eigenvalue weighted by molar-refractivity contribution is -0.113. The number of benzene rings is 2. The first kappa shape index (κ1) is 19.0. The van der Waals surface area contributed by atoms with Crippen molar-refractivity contribution in [3.05, 3.63) is 70.9 Å². The Morgan fingerprint density at radius 3 is 2.45 bits per heavy atom. The number of likely N-dealkylation sites (tertiary alicyclic amines) is 1. The van der Waals surface area contributed by atoms with Crippen LogP contribution in [0.25, 0.3) is 23.1 Å². The van der Waals surface area contributed by atoms with E-state index in [1.165, 1.54) is 0 Å². The van der Waals surface area contributed by atoms with Gasteiger partial charge in [-0.1, -0.05) is 24.3 Å². The molecule has 0 saturated carbocycles. The quantitative estimate of drug-likeness (QED) is 0.682. The molecule has 1 saturated heterocycles. The van der Waals surface area contributed by atoms with Crippen molar-refractivity contribution in [2.45, 2.75) is 0 Å². The third-order valence-electron chi connectivity index (χ3n) is 5.16. The van der Waals surface area contributed by atoms with Gasteiger partial charge in [-0.25, -0.2) is 0 Å². The summed E-state index contributed by atoms with van der Waals surface area (Å²) in [7, 11) is 5.24. The normalized spacial score (nSPS) is 18.0. The summed E-state index contributed by atoms with van der Waals surface area (Å²) in [4.78, 5) is 18.6. The zero-order valence-electron chi connectivity index (χ0n) is 16.9. The van der Waals surface area contributed by atoms with Crippen LogP contribution in [0, 0.1) is 0 Å². The van der Waals surface area contributed by atoms with E-state index in [0.29, 0.717) is 24.6 Å². The Morgan fingerprint density at radius 2 is 1.69 bits per heavy atom. The van der Waals surface area contributed by atoms with Crippen LogP contribution in [0.2, 0.25) is 0 Å². The second-order valence-electron chi connectivity index (χ2n) is 7.24. The van der Waals surface area contributed by atoms with Crippen molar-refractivity contribution in [2.75, 3.05) is 34.4 Å². The lowest BCUT2D eigenvalue weighted by Gasteiger charge is -2.26. The number of hydrogen-bond acceptors (Lipinski definition) is 4. The maximum atomic E-state index is 13.2. The van der Waals surface area contributed by atoms with Crippen molar-refractivity contribution in [1.82, 2.24) is 9.88 Å². The van der Waals surface area contributed by atoms with Crippen LogP contribution in [0.1, 0.15) is 11.1 Å². The second-order valence-corrected chi connectivity index (χ2v) is 7.24. The number of ketones is 1. The predicted molar refractivity (Wildman–Crippen MR) is 116 cm³/mol. The molecule has 2 aromatic carbocycles. The average molecular weight is 388 g/mol. The molecule has 0 aliphatic carbocycles. The number of piperidine rings is 1. The lowest BCUT2D eigenvalue weighted by atomic mass is 9.94. The fourth-order valence-corrected chi connectivity index (χ4v) is 3.75. The molecule has 1 aliphatic heterocycles. The third-order valence-corrected chi connectivity index (χ3v) is 5.16. The van der Waals surface area contributed by atoms with Crippen LogP contribution >= 0.6 is 0 Å². The van der Waals surface area contributed by atoms with Gasteiger partial charge in [-0.2, -0.15) is 0 Å². The molecule has 1 fully saturated rings. The van der Waals surface area contributed by atoms with Crippen LogP contribution in [-0.2, 0) is 4.79 Å². The maximum absolute atomic E-state index is 13.2. The molecule has 29 heavy (non-hydrogen) atoms. The Morgan fingerprint density at radius 1 is 0.966 bits per heavy atom. The molecule has 2 heterocycles. The first-order valence-corrected chi connectivity index (χ1v) is 9.51. The number of aromatic amines is 1. The number of Topliss-reactive ketones (excluding diaryl/α,β-unsaturated/α-hetero) is 1. The number of likely N-dealkylation sites (N-methyl/N-ethyl adjacent to an activating group) is 1. The molecule has 5 heteroatoms. The molecular weight excluding hydrogens is 364 g/mol. The first-order valence-electron chi connectivity index (χ1n) is 9.51. The monoisotopic (exact) mass is 388 g/mol. The topological polar surface area (TPSA) is 54.6 Å². The summed E-state index contributed by atoms with van der Waals surface area (Å²) >= 11 is 0. The number of hydrogen-bond donors (Lipinski definition) is 1. The summed E-state index contributed by atoms with van der Waals surface area (Å²) in [6.07, 6.45) is 5.89. The van der Waals surface area contributed by atoms with Crippen molar-refractivity contribution in [3.63, 3.8) is 0 Å². The van der Waals surface area contributed by atoms with Gasteiger partial charge in [0.1, 0.15) is 0 Å². The van der Waals surface area contributed by atoms with Crippen LogP contribution in [0.4, 0.5) is 0 Å². The van der Waals surface area contributed by atoms with E-state index in [-0.39, 0.29) is 5.78 Å². The maximum Gasteiger partial charge on any atom is 0.187 e. The van der Waals surface area contributed by atoms with Gasteiger partial charge in [-0.05, 0) is 43.0 Å². The molecule has 148 valence electrons. The minimum Gasteiger partial charge on any atom is -0.493 e. The number of carbonyl (C=O) groups is 1. The standard InChI is InChI=1S/C24H24N2O3/c1-26-14-18(10-16-8-9-22(28-2)23(11-16)29-3)24(27)19(15-26)12-17-13-25-21-7-5-4-6-20(17)21/h4-13,25H,14-15H2,1-3H3/b18-10-,19-12-. The van der Waals surface area contributed by atoms with Gasteiger partial charge >= 0.3 is 0 Å². The molecule has 0 unspecified atom stereocenters. The number of carbonyl (C=O) groups excluding carboxylic acids is 1. The van der Waals surface area contributed by atoms with Crippen molar-refractivity contribution >= 4 is 28.8 Å². The number of para-hydroxylation sites is 1. The zero-order chi connectivity index (χ0) is 20.4. The number of ether oxygens (including phenoxy) is 2. The molecule has 0 radical (unpaired) electrons. The SMILES string of the molecule is COc1ccc(/C=C2/CN(C)C/C(=C/c3c[nH]c4ccccc34)C2=O)cc1OC. The molecule has 0 bridgehead atoms. The highest BCUT2D eigenvalue weighted by atomic mass is 16.5. The van der Waals surface area contributed by atoms with Crippen LogP contribution < -0.4 is 9.47 Å². The number of nitrogens with one attached hydrogen (secondary N) is 1. The fourth-order valence-electron chi connectivity index (χ4n) is 3.75. The first-order chi connectivity index (χ1) is 14.1. The van der Waals surface area contributed by atoms with E-state index < -0.39 is 0 Å². The number of nitrogens with zero attached hydrogens (tertiary/aromatic N) is 1. The Bertz CT molecular complexity index is 1120. The third kappa shape index (κ3) is 3.82. The Hall–Kier alpha value is -3.31. The fraction of sp³-hybridized carbons (Fsp3) is 0.208. The highest BCUT2D eigenvalue weighted by Gasteiger charge is 2.24. The van der Waals surface area contributed by atoms with Crippen LogP contribution in [-0.4, -0.2) is 50.0 Å². The number of fused-ring (bicyclic) bond motifs is 1. The van der Waals surface area contributed by atoms with Gasteiger partial charge in [0.25, 0.3) is 0 Å². The number of methoxy groups -OCH3 is 2. The van der Waals surface area contributed by atoms with Crippen molar-refractivity contribution in [3.8, 4) is 11.5 Å². The summed E-state index contributed by atoms with van der Waals surface area (Å²) < 4.78 is 10.7. The molecular formula is C24H24N2O3. The van der Waals surface area contributed by atoms with E-state index in [0.717, 1.165) is 33.2 Å². The van der Waals surface area contributed by atoms with E-state index in [2.05, 4.69) is 16.0 Å². The Balaban J connectivity index is 1.69. The van der Waals surface area contributed by atoms with E-state index in [4.69, 9.17) is 9.47 Å². The Kier molecular flexibility index (Phi) is 5.23. The number of rotatable bonds is 4. The number of H-pyrrole nitrogens is 1. The Labute approximate surface area is 170 Å². The molecule has 5 nitrogen and oxygen atoms in total. The second kappa shape index (κ2) is 7.97. The molecule has 1 N–H and O–H groups in total. The van der Waals surface area contributed by atoms with Gasteiger partial charge in [-0.15, -0.1) is 0 Å². The van der Waals surface area contributed by atoms with Crippen molar-refractivity contribution in [2.24, 2.45) is 0 Å². The highest BCUT2D eigenvalue weighted by molar-refractivity contribution is 6.15. The number of aromatic nitrogens is 1. The molecule has 0 amide bonds. The molecule has 0 atom stereocenters. The summed E-state index contributed by atoms with van der Waals surface area (Å²) in [5.74, 6) is 1.40. The van der Waals surface area contributed by atoms with Gasteiger partial charge in [0.2, 0.25) is 0 Å². The molecule has 4 rings (SSSR count). The lowest BCUT2D eigenvalue weighted by Crippen LogP contribution is -2.34. The summed E-state index contributed by atoms with van der Waals surface area (Å²) in [5, 5.41) is 1.12. The van der Waals surface area contributed by atoms with E-state index in [1.54, 1.807) is 14.2 Å². The van der Waals surface area contributed by atoms with Crippen molar-refractivity contribution < 1.29 is 14.3 Å². The minimum absolute atomic E-state index is 0.0863. The van der Waals surface area contributed by atoms with Crippen molar-refractivity contribution in [1.29, 1.82) is 0 Å². The van der Waals surface area contributed by atoms with Crippen LogP contribution in [0.5, 0.6) is 11.5 Å². The molecule has 0 spiro atoms. The minimum atomic E-state index is 0.0863. The van der Waals surface area contributed by atoms with Gasteiger partial charge in [0.05, 0.1) is 14.2 Å². The average Bonchev–Trinajstić information content (AvgIpc) is 3.14. The van der Waals surface area contributed by atoms with Gasteiger partial charge in [0.15, 0.2) is 17.3 Å².